The van der Waals surface area contributed by atoms with Crippen molar-refractivity contribution in [2.24, 2.45) is 0 Å². The molecule has 0 aliphatic heterocycles. The van der Waals surface area contributed by atoms with Gasteiger partial charge in [0.1, 0.15) is 22.3 Å². The molecule has 0 spiro atoms. The van der Waals surface area contributed by atoms with Crippen molar-refractivity contribution in [3.63, 3.8) is 0 Å². The van der Waals surface area contributed by atoms with E-state index in [9.17, 15) is 0 Å². The van der Waals surface area contributed by atoms with Crippen molar-refractivity contribution in [1.29, 1.82) is 0 Å². The minimum Gasteiger partial charge on any atom is -1.00 e. The van der Waals surface area contributed by atoms with E-state index in [1.165, 1.54) is 126 Å². The smallest absolute Gasteiger partial charge is 1.00 e. The second-order valence-corrected chi connectivity index (χ2v) is 46.6. The molecule has 0 bridgehead atoms. The van der Waals surface area contributed by atoms with Crippen LogP contribution in [0, 0.1) is 0 Å². The minimum atomic E-state index is -2.62. The van der Waals surface area contributed by atoms with Gasteiger partial charge in [0.05, 0.1) is 0 Å². The zero-order valence-corrected chi connectivity index (χ0v) is 86.3. The predicted octanol–water partition coefficient (Wildman–Crippen LogP) is 29.4. The molecular weight excluding hydrogens is 1880 g/mol. The molecule has 10 heteroatoms. The summed E-state index contributed by atoms with van der Waals surface area (Å²) in [6, 6.07) is 198. The maximum absolute atomic E-state index is 6.52. The summed E-state index contributed by atoms with van der Waals surface area (Å²) < 4.78 is 19.0. The third-order valence-electron chi connectivity index (χ3n) is 27.6. The summed E-state index contributed by atoms with van der Waals surface area (Å²) in [7, 11) is -5.14. The molecule has 22 aromatic carbocycles. The van der Waals surface area contributed by atoms with Crippen LogP contribution < -0.4 is 103 Å². The maximum atomic E-state index is 6.52. The van der Waals surface area contributed by atoms with Crippen LogP contribution in [0.4, 0.5) is 28.4 Å². The zero-order valence-electron chi connectivity index (χ0n) is 78.9. The monoisotopic (exact) mass is 1970 g/mol. The molecule has 0 amide bonds. The van der Waals surface area contributed by atoms with E-state index in [-0.39, 0.29) is 52.8 Å². The molecule has 0 fully saturated rings. The molecule has 0 saturated heterocycles. The Kier molecular flexibility index (Phi) is 25.8. The standard InChI is InChI=1S/C66H45NOSSi.C42H31NSSi.C24H15BrO.K.H/c1-5-15-46(16-6-1)50-31-40-59-60-41-32-51(44-64(60)68-63(59)43-50)49-27-35-53(36-28-49)67(54-37-42-62-61-23-13-14-24-65(61)69-66(62)45-54)52-33-25-47(26-34-52)48-29-38-58(39-30-48)70(55-17-7-2-8-18-55,56-19-9-3-10-20-56)57-21-11-4-12-22-57;1-4-12-35(13-5-1)45(36-14-6-2-7-15-36,37-16-8-3-9-17-37)38-27-22-32(23-28-38)31-20-24-33(25-21-31)43-34-26-29-40-39-18-10-11-19-41(39)44-42(40)30-34;25-20-10-6-17(7-11-20)19-9-13-22-21-12-8-18(16-4-2-1-3-5-16)14-23(21)26-24(22)15-19;;/h1-45H;1-30,43H;1-15H;;/q;;;+1;-1. The fourth-order valence-corrected chi connectivity index (χ4v) is 32.8. The minimum absolute atomic E-state index is 0. The number of anilines is 5. The predicted molar refractivity (Wildman–Crippen MR) is 613 cm³/mol. The maximum Gasteiger partial charge on any atom is 1.00 e. The van der Waals surface area contributed by atoms with Crippen molar-refractivity contribution in [2.75, 3.05) is 10.2 Å². The summed E-state index contributed by atoms with van der Waals surface area (Å²) in [4.78, 5) is 2.38. The van der Waals surface area contributed by atoms with Gasteiger partial charge in [0.2, 0.25) is 0 Å². The molecule has 26 aromatic rings. The summed E-state index contributed by atoms with van der Waals surface area (Å²) in [5.74, 6) is 0. The molecule has 0 radical (unpaired) electrons. The van der Waals surface area contributed by atoms with E-state index in [1.807, 2.05) is 34.8 Å². The van der Waals surface area contributed by atoms with Crippen LogP contribution in [0.5, 0.6) is 0 Å². The van der Waals surface area contributed by atoms with Gasteiger partial charge in [0.15, 0.2) is 16.1 Å². The van der Waals surface area contributed by atoms with Gasteiger partial charge >= 0.3 is 51.4 Å². The third kappa shape index (κ3) is 17.8. The summed E-state index contributed by atoms with van der Waals surface area (Å²) in [5.41, 5.74) is 23.2. The molecular formula is C132H92BrKN2O2S2Si2. The molecule has 4 aromatic heterocycles. The van der Waals surface area contributed by atoms with Gasteiger partial charge in [0.25, 0.3) is 0 Å². The fraction of sp³-hybridized carbons (Fsp3) is 0. The van der Waals surface area contributed by atoms with E-state index >= 15 is 0 Å². The Morgan fingerprint density at radius 3 is 0.768 bits per heavy atom. The van der Waals surface area contributed by atoms with E-state index < -0.39 is 16.1 Å². The molecule has 142 heavy (non-hydrogen) atoms. The Labute approximate surface area is 888 Å². The van der Waals surface area contributed by atoms with E-state index in [1.54, 1.807) is 0 Å². The SMILES string of the molecule is Brc1ccc(-c2ccc3c(c2)oc2cc(-c4ccccc4)ccc23)cc1.[H-].[K+].c1ccc(-c2ccc3c(c2)oc2cc(-c4ccc(N(c5ccc(-c6ccc([Si](c7ccccc7)(c7ccccc7)c7ccccc7)cc6)cc5)c5ccc6c(c5)sc5ccccc56)cc4)ccc23)cc1.c1ccc([Si](c2ccccc2)(c2ccccc2)c2ccc(-c3ccc(Nc4ccc5c(c4)sc4ccccc45)cc3)cc2)cc1. The van der Waals surface area contributed by atoms with Gasteiger partial charge in [-0.25, -0.2) is 0 Å². The number of fused-ring (bicyclic) bond motifs is 12. The molecule has 4 heterocycles. The summed E-state index contributed by atoms with van der Waals surface area (Å²) >= 11 is 7.19. The molecule has 0 atom stereocenters. The quantitative estimate of drug-likeness (QED) is 0.0647. The van der Waals surface area contributed by atoms with Crippen LogP contribution in [0.15, 0.2) is 559 Å². The van der Waals surface area contributed by atoms with Gasteiger partial charge in [0, 0.05) is 94.8 Å². The van der Waals surface area contributed by atoms with E-state index in [4.69, 9.17) is 8.83 Å². The van der Waals surface area contributed by atoms with Gasteiger partial charge < -0.3 is 20.5 Å². The van der Waals surface area contributed by atoms with E-state index in [2.05, 4.69) is 560 Å². The second-order valence-electron chi connectivity index (χ2n) is 35.9. The van der Waals surface area contributed by atoms with Crippen molar-refractivity contribution in [1.82, 2.24) is 0 Å². The van der Waals surface area contributed by atoms with Crippen LogP contribution in [0.3, 0.4) is 0 Å². The van der Waals surface area contributed by atoms with Crippen LogP contribution in [0.25, 0.3) is 151 Å². The second kappa shape index (κ2) is 40.3. The molecule has 0 saturated carbocycles. The number of benzene rings is 22. The summed E-state index contributed by atoms with van der Waals surface area (Å²) in [6.45, 7) is 0. The van der Waals surface area contributed by atoms with Crippen LogP contribution in [0.1, 0.15) is 1.43 Å². The first-order valence-electron chi connectivity index (χ1n) is 47.8. The van der Waals surface area contributed by atoms with Gasteiger partial charge in [-0.2, -0.15) is 0 Å². The number of hydrogen-bond acceptors (Lipinski definition) is 6. The molecule has 670 valence electrons. The third-order valence-corrected chi connectivity index (χ3v) is 40.0. The van der Waals surface area contributed by atoms with Crippen molar-refractivity contribution in [3.8, 4) is 66.8 Å². The normalized spacial score (nSPS) is 11.5. The van der Waals surface area contributed by atoms with Crippen molar-refractivity contribution < 1.29 is 61.6 Å². The van der Waals surface area contributed by atoms with Crippen LogP contribution in [-0.2, 0) is 0 Å². The molecule has 0 aliphatic carbocycles. The summed E-state index contributed by atoms with van der Waals surface area (Å²) in [5, 5.41) is 24.4. The van der Waals surface area contributed by atoms with Crippen LogP contribution in [-0.4, -0.2) is 16.1 Å². The first kappa shape index (κ1) is 90.8. The average Bonchev–Trinajstić information content (AvgIpc) is 0.908. The Morgan fingerprint density at radius 1 is 0.190 bits per heavy atom. The van der Waals surface area contributed by atoms with Gasteiger partial charge in [-0.1, -0.05) is 428 Å². The number of furan rings is 2. The molecule has 0 aliphatic rings. The van der Waals surface area contributed by atoms with Crippen LogP contribution >= 0.6 is 38.6 Å². The molecule has 1 N–H and O–H groups in total. The number of thiophene rings is 2. The first-order valence-corrected chi connectivity index (χ1v) is 54.2. The van der Waals surface area contributed by atoms with Gasteiger partial charge in [-0.05, 0) is 242 Å². The van der Waals surface area contributed by atoms with Crippen LogP contribution in [0.2, 0.25) is 0 Å². The first-order chi connectivity index (χ1) is 69.7. The number of nitrogens with one attached hydrogen (secondary N) is 1. The summed E-state index contributed by atoms with van der Waals surface area (Å²) in [6.07, 6.45) is 0. The number of hydrogen-bond donors (Lipinski definition) is 1. The number of rotatable bonds is 19. The van der Waals surface area contributed by atoms with Crippen molar-refractivity contribution in [2.45, 2.75) is 0 Å². The topological polar surface area (TPSA) is 41.6 Å². The van der Waals surface area contributed by atoms with Gasteiger partial charge in [-0.3, -0.25) is 0 Å². The average molecular weight is 1980 g/mol. The molecule has 4 nitrogen and oxygen atoms in total. The number of halogens is 1. The van der Waals surface area contributed by atoms with E-state index in [0.29, 0.717) is 0 Å². The zero-order chi connectivity index (χ0) is 94.0. The Morgan fingerprint density at radius 2 is 0.423 bits per heavy atom. The number of nitrogens with zero attached hydrogens (tertiary/aromatic N) is 1. The van der Waals surface area contributed by atoms with Crippen molar-refractivity contribution in [3.05, 3.63) is 550 Å². The Hall–Kier alpha value is -15.0. The fourth-order valence-electron chi connectivity index (χ4n) is 20.8. The largest absolute Gasteiger partial charge is 1.00 e. The Balaban J connectivity index is 0.000000136. The molecule has 26 rings (SSSR count). The Bertz CT molecular complexity index is 8770. The van der Waals surface area contributed by atoms with Gasteiger partial charge in [-0.15, -0.1) is 22.7 Å². The van der Waals surface area contributed by atoms with E-state index in [0.717, 1.165) is 99.0 Å². The van der Waals surface area contributed by atoms with Crippen molar-refractivity contribution >= 4 is 209 Å². The molecule has 0 unspecified atom stereocenters.